The average Bonchev–Trinajstić information content (AvgIpc) is 2.60. The lowest BCUT2D eigenvalue weighted by atomic mass is 10.2. The Labute approximate surface area is 155 Å². The van der Waals surface area contributed by atoms with Gasteiger partial charge in [-0.15, -0.1) is 0 Å². The summed E-state index contributed by atoms with van der Waals surface area (Å²) < 4.78 is 0.960. The molecule has 0 fully saturated rings. The minimum absolute atomic E-state index is 0.187. The lowest BCUT2D eigenvalue weighted by Gasteiger charge is -2.11. The van der Waals surface area contributed by atoms with Crippen LogP contribution in [0.1, 0.15) is 21.5 Å². The Morgan fingerprint density at radius 2 is 1.80 bits per heavy atom. The van der Waals surface area contributed by atoms with E-state index in [0.29, 0.717) is 5.56 Å². The Morgan fingerprint density at radius 3 is 2.56 bits per heavy atom. The maximum atomic E-state index is 12.5. The number of aromatic nitrogens is 1. The van der Waals surface area contributed by atoms with Crippen molar-refractivity contribution in [2.24, 2.45) is 0 Å². The smallest absolute Gasteiger partial charge is 0.257 e. The minimum Gasteiger partial charge on any atom is -0.353 e. The van der Waals surface area contributed by atoms with E-state index in [9.17, 15) is 4.79 Å². The highest BCUT2D eigenvalue weighted by atomic mass is 79.9. The average molecular weight is 396 g/mol. The summed E-state index contributed by atoms with van der Waals surface area (Å²) in [5, 5.41) is 6.20. The van der Waals surface area contributed by atoms with E-state index in [4.69, 9.17) is 0 Å². The monoisotopic (exact) mass is 395 g/mol. The van der Waals surface area contributed by atoms with E-state index in [-0.39, 0.29) is 5.91 Å². The summed E-state index contributed by atoms with van der Waals surface area (Å²) in [6.07, 6.45) is 3.25. The molecule has 1 heterocycles. The lowest BCUT2D eigenvalue weighted by molar-refractivity contribution is 0.102. The predicted octanol–water partition coefficient (Wildman–Crippen LogP) is 5.46. The van der Waals surface area contributed by atoms with Crippen molar-refractivity contribution in [1.82, 2.24) is 4.98 Å². The van der Waals surface area contributed by atoms with Gasteiger partial charge in [0.25, 0.3) is 5.91 Å². The Hall–Kier alpha value is -2.66. The van der Waals surface area contributed by atoms with E-state index in [1.807, 2.05) is 56.3 Å². The first-order valence-corrected chi connectivity index (χ1v) is 8.67. The fraction of sp³-hybridized carbons (Fsp3) is 0.100. The highest BCUT2D eigenvalue weighted by Gasteiger charge is 2.09. The van der Waals surface area contributed by atoms with Gasteiger partial charge in [0.1, 0.15) is 0 Å². The second-order valence-electron chi connectivity index (χ2n) is 5.84. The van der Waals surface area contributed by atoms with Gasteiger partial charge in [0.05, 0.1) is 23.1 Å². The Morgan fingerprint density at radius 1 is 1.00 bits per heavy atom. The van der Waals surface area contributed by atoms with Gasteiger partial charge in [0, 0.05) is 16.4 Å². The molecule has 1 aromatic heterocycles. The van der Waals surface area contributed by atoms with Crippen LogP contribution in [0.5, 0.6) is 0 Å². The Bertz CT molecular complexity index is 924. The Kier molecular flexibility index (Phi) is 5.14. The van der Waals surface area contributed by atoms with Gasteiger partial charge in [-0.2, -0.15) is 0 Å². The van der Waals surface area contributed by atoms with Crippen LogP contribution in [0, 0.1) is 13.8 Å². The third-order valence-corrected chi connectivity index (χ3v) is 4.45. The van der Waals surface area contributed by atoms with Crippen LogP contribution in [-0.2, 0) is 0 Å². The van der Waals surface area contributed by atoms with Crippen LogP contribution in [-0.4, -0.2) is 10.9 Å². The second kappa shape index (κ2) is 7.49. The van der Waals surface area contributed by atoms with Crippen LogP contribution in [0.2, 0.25) is 0 Å². The topological polar surface area (TPSA) is 54.0 Å². The number of hydrogen-bond donors (Lipinski definition) is 2. The second-order valence-corrected chi connectivity index (χ2v) is 6.69. The molecule has 25 heavy (non-hydrogen) atoms. The maximum Gasteiger partial charge on any atom is 0.257 e. The predicted molar refractivity (Wildman–Crippen MR) is 106 cm³/mol. The van der Waals surface area contributed by atoms with Gasteiger partial charge < -0.3 is 10.6 Å². The van der Waals surface area contributed by atoms with Gasteiger partial charge in [-0.3, -0.25) is 9.78 Å². The number of hydrogen-bond acceptors (Lipinski definition) is 3. The maximum absolute atomic E-state index is 12.5. The third-order valence-electron chi connectivity index (χ3n) is 3.80. The molecule has 0 saturated heterocycles. The normalized spacial score (nSPS) is 10.4. The summed E-state index contributed by atoms with van der Waals surface area (Å²) in [7, 11) is 0. The number of nitrogens with one attached hydrogen (secondary N) is 2. The van der Waals surface area contributed by atoms with Crippen molar-refractivity contribution < 1.29 is 4.79 Å². The third kappa shape index (κ3) is 4.25. The van der Waals surface area contributed by atoms with E-state index in [0.717, 1.165) is 27.1 Å². The number of anilines is 3. The molecule has 0 aliphatic carbocycles. The number of carbonyl (C=O) groups excluding carboxylic acids is 1. The number of halogens is 1. The molecular weight excluding hydrogens is 378 g/mol. The number of pyridine rings is 1. The molecule has 3 aromatic rings. The number of rotatable bonds is 4. The van der Waals surface area contributed by atoms with Crippen LogP contribution in [0.15, 0.2) is 65.4 Å². The van der Waals surface area contributed by atoms with Gasteiger partial charge >= 0.3 is 0 Å². The molecule has 0 unspecified atom stereocenters. The van der Waals surface area contributed by atoms with Crippen LogP contribution < -0.4 is 10.6 Å². The van der Waals surface area contributed by atoms with E-state index < -0.39 is 0 Å². The van der Waals surface area contributed by atoms with Crippen molar-refractivity contribution >= 4 is 38.9 Å². The van der Waals surface area contributed by atoms with Gasteiger partial charge in [0.2, 0.25) is 0 Å². The quantitative estimate of drug-likeness (QED) is 0.616. The molecule has 1 amide bonds. The Balaban J connectivity index is 1.79. The molecule has 5 heteroatoms. The van der Waals surface area contributed by atoms with E-state index in [1.165, 1.54) is 5.56 Å². The van der Waals surface area contributed by atoms with Gasteiger partial charge in [-0.1, -0.05) is 24.3 Å². The molecule has 0 aliphatic heterocycles. The number of benzene rings is 2. The molecule has 2 aromatic carbocycles. The van der Waals surface area contributed by atoms with Crippen molar-refractivity contribution in [2.45, 2.75) is 13.8 Å². The van der Waals surface area contributed by atoms with Crippen molar-refractivity contribution in [2.75, 3.05) is 10.6 Å². The molecule has 0 spiro atoms. The summed E-state index contributed by atoms with van der Waals surface area (Å²) in [5.41, 5.74) is 5.15. The molecule has 0 saturated carbocycles. The summed E-state index contributed by atoms with van der Waals surface area (Å²) in [6, 6.07) is 15.5. The number of nitrogens with zero attached hydrogens (tertiary/aromatic N) is 1. The van der Waals surface area contributed by atoms with Crippen LogP contribution in [0.25, 0.3) is 0 Å². The summed E-state index contributed by atoms with van der Waals surface area (Å²) >= 11 is 3.54. The molecular formula is C20H18BrN3O. The van der Waals surface area contributed by atoms with Gasteiger partial charge in [-0.05, 0) is 65.2 Å². The standard InChI is InChI=1S/C20H18BrN3O/c1-13-7-8-19(17(21)9-13)23-16-10-15(11-22-12-16)20(25)24-18-6-4-3-5-14(18)2/h3-12,23H,1-2H3,(H,24,25). The summed E-state index contributed by atoms with van der Waals surface area (Å²) in [5.74, 6) is -0.187. The minimum atomic E-state index is -0.187. The molecule has 2 N–H and O–H groups in total. The number of amides is 1. The first-order valence-electron chi connectivity index (χ1n) is 7.88. The fourth-order valence-electron chi connectivity index (χ4n) is 2.42. The van der Waals surface area contributed by atoms with Gasteiger partial charge in [0.15, 0.2) is 0 Å². The highest BCUT2D eigenvalue weighted by Crippen LogP contribution is 2.27. The largest absolute Gasteiger partial charge is 0.353 e. The SMILES string of the molecule is Cc1ccc(Nc2cncc(C(=O)Nc3ccccc3C)c2)c(Br)c1. The molecule has 0 atom stereocenters. The van der Waals surface area contributed by atoms with E-state index in [1.54, 1.807) is 18.5 Å². The van der Waals surface area contributed by atoms with Crippen molar-refractivity contribution in [3.63, 3.8) is 0 Å². The zero-order chi connectivity index (χ0) is 17.8. The number of carbonyl (C=O) groups is 1. The number of aryl methyl sites for hydroxylation is 2. The molecule has 0 radical (unpaired) electrons. The molecule has 3 rings (SSSR count). The van der Waals surface area contributed by atoms with Crippen molar-refractivity contribution in [3.05, 3.63) is 82.1 Å². The molecule has 0 aliphatic rings. The molecule has 126 valence electrons. The molecule has 0 bridgehead atoms. The summed E-state index contributed by atoms with van der Waals surface area (Å²) in [4.78, 5) is 16.7. The number of para-hydroxylation sites is 1. The van der Waals surface area contributed by atoms with Crippen LogP contribution in [0.3, 0.4) is 0 Å². The molecule has 4 nitrogen and oxygen atoms in total. The van der Waals surface area contributed by atoms with Crippen molar-refractivity contribution in [3.8, 4) is 0 Å². The van der Waals surface area contributed by atoms with Crippen LogP contribution >= 0.6 is 15.9 Å². The lowest BCUT2D eigenvalue weighted by Crippen LogP contribution is -2.13. The zero-order valence-corrected chi connectivity index (χ0v) is 15.6. The van der Waals surface area contributed by atoms with Crippen molar-refractivity contribution in [1.29, 1.82) is 0 Å². The fourth-order valence-corrected chi connectivity index (χ4v) is 3.01. The van der Waals surface area contributed by atoms with Gasteiger partial charge in [-0.25, -0.2) is 0 Å². The van der Waals surface area contributed by atoms with E-state index >= 15 is 0 Å². The first kappa shape index (κ1) is 17.2. The first-order chi connectivity index (χ1) is 12.0. The zero-order valence-electron chi connectivity index (χ0n) is 14.0. The van der Waals surface area contributed by atoms with E-state index in [2.05, 4.69) is 31.5 Å². The van der Waals surface area contributed by atoms with Crippen LogP contribution in [0.4, 0.5) is 17.1 Å². The highest BCUT2D eigenvalue weighted by molar-refractivity contribution is 9.10. The summed E-state index contributed by atoms with van der Waals surface area (Å²) in [6.45, 7) is 3.99.